The Hall–Kier alpha value is -2.93. The zero-order valence-corrected chi connectivity index (χ0v) is 23.5. The van der Waals surface area contributed by atoms with Gasteiger partial charge in [0.15, 0.2) is 5.69 Å². The Labute approximate surface area is 216 Å². The molecule has 0 fully saturated rings. The predicted molar refractivity (Wildman–Crippen MR) is 149 cm³/mol. The van der Waals surface area contributed by atoms with Crippen LogP contribution in [0.2, 0.25) is 18.1 Å². The number of para-hydroxylation sites is 1. The first kappa shape index (κ1) is 26.1. The number of carbonyl (C=O) groups excluding carboxylic acids is 1. The highest BCUT2D eigenvalue weighted by Crippen LogP contribution is 2.38. The van der Waals surface area contributed by atoms with Crippen molar-refractivity contribution in [3.8, 4) is 5.75 Å². The van der Waals surface area contributed by atoms with Gasteiger partial charge in [-0.05, 0) is 80.4 Å². The molecule has 2 heterocycles. The van der Waals surface area contributed by atoms with Crippen LogP contribution in [0.4, 0.5) is 5.69 Å². The molecule has 0 amide bonds. The third-order valence-electron chi connectivity index (χ3n) is 7.55. The summed E-state index contributed by atoms with van der Waals surface area (Å²) in [6, 6.07) is 12.2. The third kappa shape index (κ3) is 5.56. The maximum absolute atomic E-state index is 12.5. The van der Waals surface area contributed by atoms with Gasteiger partial charge in [0.05, 0.1) is 12.6 Å². The number of hydrogen-bond donors (Lipinski definition) is 1. The zero-order valence-electron chi connectivity index (χ0n) is 22.5. The molecule has 0 atom stereocenters. The number of carbonyl (C=O) groups is 1. The van der Waals surface area contributed by atoms with Crippen LogP contribution in [0.5, 0.6) is 5.75 Å². The van der Waals surface area contributed by atoms with Gasteiger partial charge in [-0.2, -0.15) is 0 Å². The molecule has 2 aromatic heterocycles. The Morgan fingerprint density at radius 3 is 2.56 bits per heavy atom. The molecule has 0 aliphatic heterocycles. The molecule has 6 nitrogen and oxygen atoms in total. The quantitative estimate of drug-likeness (QED) is 0.208. The molecule has 3 aromatic rings. The van der Waals surface area contributed by atoms with Gasteiger partial charge in [0.2, 0.25) is 0 Å². The minimum atomic E-state index is -2.12. The highest BCUT2D eigenvalue weighted by molar-refractivity contribution is 6.74. The van der Waals surface area contributed by atoms with Gasteiger partial charge in [0.25, 0.3) is 8.32 Å². The molecule has 0 saturated carbocycles. The monoisotopic (exact) mass is 505 g/mol. The molecule has 1 N–H and O–H groups in total. The number of hydrogen-bond acceptors (Lipinski definition) is 6. The van der Waals surface area contributed by atoms with E-state index in [1.165, 1.54) is 42.3 Å². The molecule has 0 bridgehead atoms. The number of rotatable bonds is 8. The minimum Gasteiger partial charge on any atom is -0.542 e. The van der Waals surface area contributed by atoms with Crippen molar-refractivity contribution in [1.82, 2.24) is 9.97 Å². The van der Waals surface area contributed by atoms with Gasteiger partial charge in [0.1, 0.15) is 5.75 Å². The van der Waals surface area contributed by atoms with E-state index in [1.807, 2.05) is 12.1 Å². The van der Waals surface area contributed by atoms with Gasteiger partial charge < -0.3 is 14.5 Å². The molecule has 0 unspecified atom stereocenters. The van der Waals surface area contributed by atoms with Crippen LogP contribution in [0.25, 0.3) is 10.9 Å². The summed E-state index contributed by atoms with van der Waals surface area (Å²) in [5, 5.41) is 4.92. The van der Waals surface area contributed by atoms with Gasteiger partial charge in [0, 0.05) is 29.0 Å². The van der Waals surface area contributed by atoms with E-state index >= 15 is 0 Å². The van der Waals surface area contributed by atoms with Gasteiger partial charge in [-0.15, -0.1) is 0 Å². The Morgan fingerprint density at radius 2 is 1.81 bits per heavy atom. The highest BCUT2D eigenvalue weighted by atomic mass is 28.4. The van der Waals surface area contributed by atoms with Crippen molar-refractivity contribution < 1.29 is 14.0 Å². The second-order valence-corrected chi connectivity index (χ2v) is 15.9. The van der Waals surface area contributed by atoms with Crippen LogP contribution in [-0.2, 0) is 24.0 Å². The van der Waals surface area contributed by atoms with Crippen molar-refractivity contribution in [3.63, 3.8) is 0 Å². The minimum absolute atomic E-state index is 0.0149. The van der Waals surface area contributed by atoms with E-state index in [1.54, 1.807) is 0 Å². The maximum atomic E-state index is 12.5. The number of ether oxygens (including phenoxy) is 1. The topological polar surface area (TPSA) is 73.3 Å². The lowest BCUT2D eigenvalue weighted by Gasteiger charge is -2.36. The van der Waals surface area contributed by atoms with E-state index in [0.29, 0.717) is 5.75 Å². The van der Waals surface area contributed by atoms with Crippen LogP contribution in [0.3, 0.4) is 0 Å². The summed E-state index contributed by atoms with van der Waals surface area (Å²) in [6.07, 6.45) is 6.20. The molecule has 0 saturated heterocycles. The number of anilines is 1. The predicted octanol–water partition coefficient (Wildman–Crippen LogP) is 6.72. The fourth-order valence-electron chi connectivity index (χ4n) is 4.44. The number of esters is 1. The van der Waals surface area contributed by atoms with Crippen LogP contribution >= 0.6 is 0 Å². The summed E-state index contributed by atoms with van der Waals surface area (Å²) in [4.78, 5) is 22.1. The van der Waals surface area contributed by atoms with E-state index in [9.17, 15) is 4.79 Å². The zero-order chi connectivity index (χ0) is 25.9. The number of aryl methyl sites for hydroxylation is 2. The summed E-state index contributed by atoms with van der Waals surface area (Å²) in [5.74, 6) is 0.0590. The highest BCUT2D eigenvalue weighted by Gasteiger charge is 2.40. The average molecular weight is 506 g/mol. The Balaban J connectivity index is 1.48. The first-order valence-electron chi connectivity index (χ1n) is 13.0. The van der Waals surface area contributed by atoms with E-state index in [4.69, 9.17) is 14.1 Å². The fourth-order valence-corrected chi connectivity index (χ4v) is 5.46. The Kier molecular flexibility index (Phi) is 7.69. The van der Waals surface area contributed by atoms with Crippen molar-refractivity contribution in [2.75, 3.05) is 19.0 Å². The van der Waals surface area contributed by atoms with Gasteiger partial charge in [-0.3, -0.25) is 4.98 Å². The Morgan fingerprint density at radius 1 is 1.06 bits per heavy atom. The molecular weight excluding hydrogens is 466 g/mol. The number of nitrogens with zero attached hydrogens (tertiary/aromatic N) is 2. The standard InChI is InChI=1S/C29H39N3O3Si/c1-29(2,3)36(5,6)35-25-18-17-20(31-27(25)28(33)34-4)12-11-19-30-26-21-13-7-9-15-23(21)32-24-16-10-8-14-22(24)26/h7,9,13,15,17-18H,8,10-12,14,16,19H2,1-6H3,(H,30,32). The summed E-state index contributed by atoms with van der Waals surface area (Å²) in [6.45, 7) is 11.7. The van der Waals surface area contributed by atoms with Crippen molar-refractivity contribution in [2.24, 2.45) is 0 Å². The lowest BCUT2D eigenvalue weighted by atomic mass is 9.92. The maximum Gasteiger partial charge on any atom is 0.360 e. The number of aromatic nitrogens is 2. The summed E-state index contributed by atoms with van der Waals surface area (Å²) < 4.78 is 11.4. The number of benzene rings is 1. The molecule has 192 valence electrons. The van der Waals surface area contributed by atoms with Crippen molar-refractivity contribution in [3.05, 3.63) is 59.0 Å². The molecule has 7 heteroatoms. The summed E-state index contributed by atoms with van der Waals surface area (Å²) >= 11 is 0. The average Bonchev–Trinajstić information content (AvgIpc) is 2.85. The van der Waals surface area contributed by atoms with Crippen molar-refractivity contribution >= 4 is 30.9 Å². The van der Waals surface area contributed by atoms with Crippen LogP contribution in [0.1, 0.15) is 67.5 Å². The normalized spacial score (nSPS) is 13.8. The Bertz CT molecular complexity index is 1250. The first-order valence-corrected chi connectivity index (χ1v) is 15.9. The molecule has 36 heavy (non-hydrogen) atoms. The molecule has 4 rings (SSSR count). The van der Waals surface area contributed by atoms with Crippen LogP contribution < -0.4 is 9.74 Å². The van der Waals surface area contributed by atoms with E-state index in [-0.39, 0.29) is 10.7 Å². The molecule has 0 spiro atoms. The number of nitrogens with one attached hydrogen (secondary N) is 1. The molecule has 0 radical (unpaired) electrons. The van der Waals surface area contributed by atoms with Crippen LogP contribution in [0.15, 0.2) is 36.4 Å². The van der Waals surface area contributed by atoms with Crippen LogP contribution in [-0.4, -0.2) is 37.9 Å². The second-order valence-electron chi connectivity index (χ2n) is 11.2. The van der Waals surface area contributed by atoms with Gasteiger partial charge >= 0.3 is 5.97 Å². The summed E-state index contributed by atoms with van der Waals surface area (Å²) in [5.41, 5.74) is 6.03. The van der Waals surface area contributed by atoms with Gasteiger partial charge in [-0.1, -0.05) is 39.0 Å². The van der Waals surface area contributed by atoms with E-state index in [2.05, 4.69) is 68.4 Å². The van der Waals surface area contributed by atoms with E-state index in [0.717, 1.165) is 43.4 Å². The van der Waals surface area contributed by atoms with Crippen LogP contribution in [0, 0.1) is 0 Å². The lowest BCUT2D eigenvalue weighted by Crippen LogP contribution is -2.44. The van der Waals surface area contributed by atoms with Gasteiger partial charge in [-0.25, -0.2) is 9.78 Å². The molecule has 1 aliphatic rings. The summed E-state index contributed by atoms with van der Waals surface area (Å²) in [7, 11) is -0.734. The molecule has 1 aromatic carbocycles. The number of fused-ring (bicyclic) bond motifs is 2. The number of pyridine rings is 2. The molecular formula is C29H39N3O3Si. The molecule has 1 aliphatic carbocycles. The number of methoxy groups -OCH3 is 1. The smallest absolute Gasteiger partial charge is 0.360 e. The van der Waals surface area contributed by atoms with Crippen molar-refractivity contribution in [2.45, 2.75) is 77.4 Å². The lowest BCUT2D eigenvalue weighted by molar-refractivity contribution is 0.0591. The van der Waals surface area contributed by atoms with E-state index < -0.39 is 14.3 Å². The fraction of sp³-hybridized carbons (Fsp3) is 0.483. The van der Waals surface area contributed by atoms with Crippen molar-refractivity contribution in [1.29, 1.82) is 0 Å². The largest absolute Gasteiger partial charge is 0.542 e. The third-order valence-corrected chi connectivity index (χ3v) is 11.9. The second kappa shape index (κ2) is 10.6. The SMILES string of the molecule is COC(=O)c1nc(CCCNc2c3c(nc4ccccc24)CCCC3)ccc1O[Si](C)(C)C(C)(C)C. The first-order chi connectivity index (χ1) is 17.1.